The molecule has 0 radical (unpaired) electrons. The highest BCUT2D eigenvalue weighted by Gasteiger charge is 2.15. The summed E-state index contributed by atoms with van der Waals surface area (Å²) in [5.74, 6) is -0.107. The van der Waals surface area contributed by atoms with Gasteiger partial charge in [0.1, 0.15) is 0 Å². The van der Waals surface area contributed by atoms with E-state index in [-0.39, 0.29) is 11.9 Å². The molecular formula is C12H20N2O2S. The Morgan fingerprint density at radius 1 is 1.65 bits per heavy atom. The number of carbonyl (C=O) groups excluding carboxylic acids is 1. The van der Waals surface area contributed by atoms with E-state index in [0.717, 1.165) is 6.42 Å². The zero-order valence-corrected chi connectivity index (χ0v) is 11.1. The summed E-state index contributed by atoms with van der Waals surface area (Å²) >= 11 is 1.66. The number of rotatable bonds is 7. The predicted octanol–water partition coefficient (Wildman–Crippen LogP) is 1.16. The lowest BCUT2D eigenvalue weighted by Gasteiger charge is -2.17. The van der Waals surface area contributed by atoms with E-state index >= 15 is 0 Å². The van der Waals surface area contributed by atoms with Crippen LogP contribution in [0, 0.1) is 0 Å². The highest BCUT2D eigenvalue weighted by atomic mass is 32.1. The van der Waals surface area contributed by atoms with E-state index in [9.17, 15) is 4.79 Å². The molecule has 0 aromatic carbocycles. The van der Waals surface area contributed by atoms with Gasteiger partial charge in [0.15, 0.2) is 0 Å². The van der Waals surface area contributed by atoms with Crippen LogP contribution in [0.15, 0.2) is 16.8 Å². The number of hydrogen-bond acceptors (Lipinski definition) is 4. The maximum absolute atomic E-state index is 11.7. The van der Waals surface area contributed by atoms with Crippen molar-refractivity contribution in [3.8, 4) is 0 Å². The van der Waals surface area contributed by atoms with Crippen LogP contribution in [0.2, 0.25) is 0 Å². The van der Waals surface area contributed by atoms with E-state index in [1.807, 2.05) is 12.3 Å². The number of nitrogens with one attached hydrogen (secondary N) is 1. The Hall–Kier alpha value is -0.910. The minimum atomic E-state index is -0.486. The number of ether oxygens (including phenoxy) is 1. The van der Waals surface area contributed by atoms with Gasteiger partial charge in [0.2, 0.25) is 5.91 Å². The van der Waals surface area contributed by atoms with Crippen LogP contribution >= 0.6 is 11.3 Å². The largest absolute Gasteiger partial charge is 0.385 e. The molecular weight excluding hydrogens is 236 g/mol. The van der Waals surface area contributed by atoms with Gasteiger partial charge in [0.05, 0.1) is 6.04 Å². The number of amides is 1. The Morgan fingerprint density at radius 3 is 3.00 bits per heavy atom. The summed E-state index contributed by atoms with van der Waals surface area (Å²) < 4.78 is 4.89. The second-order valence-electron chi connectivity index (χ2n) is 4.13. The standard InChI is InChI=1S/C12H20N2O2S/c1-9(7-10-4-6-17-8-10)14-12(15)11(13)3-5-16-2/h4,6,8-9,11H,3,5,7,13H2,1-2H3,(H,14,15). The molecule has 1 amide bonds. The van der Waals surface area contributed by atoms with E-state index < -0.39 is 6.04 Å². The number of thiophene rings is 1. The molecule has 0 spiro atoms. The predicted molar refractivity (Wildman–Crippen MR) is 70.1 cm³/mol. The Kier molecular flexibility index (Phi) is 6.18. The lowest BCUT2D eigenvalue weighted by Crippen LogP contribution is -2.45. The Balaban J connectivity index is 2.30. The maximum atomic E-state index is 11.7. The van der Waals surface area contributed by atoms with Gasteiger partial charge < -0.3 is 15.8 Å². The van der Waals surface area contributed by atoms with Crippen LogP contribution in [0.1, 0.15) is 18.9 Å². The van der Waals surface area contributed by atoms with Crippen molar-refractivity contribution in [1.82, 2.24) is 5.32 Å². The van der Waals surface area contributed by atoms with E-state index in [0.29, 0.717) is 13.0 Å². The summed E-state index contributed by atoms with van der Waals surface area (Å²) in [6, 6.07) is 1.68. The highest BCUT2D eigenvalue weighted by Crippen LogP contribution is 2.08. The van der Waals surface area contributed by atoms with Gasteiger partial charge >= 0.3 is 0 Å². The number of methoxy groups -OCH3 is 1. The molecule has 1 rings (SSSR count). The molecule has 0 fully saturated rings. The van der Waals surface area contributed by atoms with E-state index in [2.05, 4.69) is 16.8 Å². The zero-order valence-electron chi connectivity index (χ0n) is 10.3. The minimum absolute atomic E-state index is 0.102. The molecule has 2 unspecified atom stereocenters. The normalized spacial score (nSPS) is 14.3. The van der Waals surface area contributed by atoms with Gasteiger partial charge in [-0.25, -0.2) is 0 Å². The molecule has 3 N–H and O–H groups in total. The van der Waals surface area contributed by atoms with Crippen LogP contribution in [0.5, 0.6) is 0 Å². The topological polar surface area (TPSA) is 64.3 Å². The molecule has 2 atom stereocenters. The monoisotopic (exact) mass is 256 g/mol. The van der Waals surface area contributed by atoms with Crippen LogP contribution < -0.4 is 11.1 Å². The van der Waals surface area contributed by atoms with Crippen LogP contribution in [0.4, 0.5) is 0 Å². The van der Waals surface area contributed by atoms with Crippen molar-refractivity contribution >= 4 is 17.2 Å². The second kappa shape index (κ2) is 7.42. The summed E-state index contributed by atoms with van der Waals surface area (Å²) in [4.78, 5) is 11.7. The van der Waals surface area contributed by atoms with Crippen molar-refractivity contribution < 1.29 is 9.53 Å². The number of nitrogens with two attached hydrogens (primary N) is 1. The Morgan fingerprint density at radius 2 is 2.41 bits per heavy atom. The van der Waals surface area contributed by atoms with Crippen molar-refractivity contribution in [3.05, 3.63) is 22.4 Å². The fraction of sp³-hybridized carbons (Fsp3) is 0.583. The van der Waals surface area contributed by atoms with E-state index in [1.54, 1.807) is 18.4 Å². The van der Waals surface area contributed by atoms with Crippen LogP contribution in [-0.4, -0.2) is 31.7 Å². The summed E-state index contributed by atoms with van der Waals surface area (Å²) in [5, 5.41) is 7.04. The lowest BCUT2D eigenvalue weighted by molar-refractivity contribution is -0.123. The first-order valence-electron chi connectivity index (χ1n) is 5.69. The first-order chi connectivity index (χ1) is 8.13. The minimum Gasteiger partial charge on any atom is -0.385 e. The van der Waals surface area contributed by atoms with Crippen molar-refractivity contribution in [2.45, 2.75) is 31.8 Å². The average Bonchev–Trinajstić information content (AvgIpc) is 2.78. The van der Waals surface area contributed by atoms with Crippen LogP contribution in [-0.2, 0) is 16.0 Å². The van der Waals surface area contributed by atoms with Crippen molar-refractivity contribution in [3.63, 3.8) is 0 Å². The molecule has 0 bridgehead atoms. The smallest absolute Gasteiger partial charge is 0.237 e. The van der Waals surface area contributed by atoms with Gasteiger partial charge in [-0.1, -0.05) is 0 Å². The average molecular weight is 256 g/mol. The molecule has 17 heavy (non-hydrogen) atoms. The molecule has 0 aliphatic heterocycles. The third-order valence-corrected chi connectivity index (χ3v) is 3.21. The molecule has 0 aliphatic rings. The van der Waals surface area contributed by atoms with Crippen molar-refractivity contribution in [1.29, 1.82) is 0 Å². The molecule has 1 heterocycles. The molecule has 0 aliphatic carbocycles. The summed E-state index contributed by atoms with van der Waals surface area (Å²) in [5.41, 5.74) is 6.98. The lowest BCUT2D eigenvalue weighted by atomic mass is 10.1. The SMILES string of the molecule is COCCC(N)C(=O)NC(C)Cc1ccsc1. The first-order valence-corrected chi connectivity index (χ1v) is 6.63. The quantitative estimate of drug-likeness (QED) is 0.769. The van der Waals surface area contributed by atoms with Gasteiger partial charge in [-0.3, -0.25) is 4.79 Å². The molecule has 5 heteroatoms. The van der Waals surface area contributed by atoms with Gasteiger partial charge in [-0.2, -0.15) is 11.3 Å². The van der Waals surface area contributed by atoms with E-state index in [1.165, 1.54) is 5.56 Å². The second-order valence-corrected chi connectivity index (χ2v) is 4.91. The number of hydrogen-bond donors (Lipinski definition) is 2. The van der Waals surface area contributed by atoms with Crippen molar-refractivity contribution in [2.75, 3.05) is 13.7 Å². The fourth-order valence-corrected chi connectivity index (χ4v) is 2.22. The van der Waals surface area contributed by atoms with Crippen molar-refractivity contribution in [2.24, 2.45) is 5.73 Å². The van der Waals surface area contributed by atoms with Gasteiger partial charge in [-0.15, -0.1) is 0 Å². The maximum Gasteiger partial charge on any atom is 0.237 e. The molecule has 96 valence electrons. The Bertz CT molecular complexity index is 327. The fourth-order valence-electron chi connectivity index (χ4n) is 1.54. The third-order valence-electron chi connectivity index (χ3n) is 2.48. The van der Waals surface area contributed by atoms with E-state index in [4.69, 9.17) is 10.5 Å². The molecule has 1 aromatic heterocycles. The van der Waals surface area contributed by atoms with Crippen LogP contribution in [0.25, 0.3) is 0 Å². The first kappa shape index (κ1) is 14.2. The zero-order chi connectivity index (χ0) is 12.7. The molecule has 0 saturated carbocycles. The van der Waals surface area contributed by atoms with Gasteiger partial charge in [0.25, 0.3) is 0 Å². The summed E-state index contributed by atoms with van der Waals surface area (Å²) in [7, 11) is 1.60. The molecule has 1 aromatic rings. The molecule has 0 saturated heterocycles. The number of carbonyl (C=O) groups is 1. The van der Waals surface area contributed by atoms with Gasteiger partial charge in [0, 0.05) is 19.8 Å². The Labute approximate surface area is 106 Å². The summed E-state index contributed by atoms with van der Waals surface area (Å²) in [6.07, 6.45) is 1.39. The summed E-state index contributed by atoms with van der Waals surface area (Å²) in [6.45, 7) is 2.49. The molecule has 4 nitrogen and oxygen atoms in total. The van der Waals surface area contributed by atoms with Gasteiger partial charge in [-0.05, 0) is 42.2 Å². The third kappa shape index (κ3) is 5.30. The highest BCUT2D eigenvalue weighted by molar-refractivity contribution is 7.07. The van der Waals surface area contributed by atoms with Crippen LogP contribution in [0.3, 0.4) is 0 Å².